The van der Waals surface area contributed by atoms with Gasteiger partial charge in [0.05, 0.1) is 18.6 Å². The second-order valence-electron chi connectivity index (χ2n) is 11.2. The van der Waals surface area contributed by atoms with E-state index in [1.807, 2.05) is 0 Å². The number of imide groups is 1. The maximum atomic E-state index is 12.3. The molecule has 3 rings (SSSR count). The fourth-order valence-corrected chi connectivity index (χ4v) is 4.03. The van der Waals surface area contributed by atoms with Gasteiger partial charge >= 0.3 is 11.9 Å². The molecule has 16 nitrogen and oxygen atoms in total. The number of hydrogen-bond donors (Lipinski definition) is 5. The molecule has 45 heavy (non-hydrogen) atoms. The van der Waals surface area contributed by atoms with Crippen LogP contribution in [0.4, 0.5) is 0 Å². The van der Waals surface area contributed by atoms with E-state index in [2.05, 4.69) is 5.32 Å². The number of aliphatic hydroxyl groups is 3. The molecule has 3 amide bonds. The number of hydrogen-bond acceptors (Lipinski definition) is 13. The molecular weight excluding hydrogens is 600 g/mol. The number of carboxylic acid groups (broad SMARTS) is 1. The minimum Gasteiger partial charge on any atom is -0.491 e. The normalized spacial score (nSPS) is 23.2. The SMILES string of the molecule is CC(C)(C)C(=O)OCc1ccc(O[C@@H]2O[C@H](C(=O)O)[C@@H](O)[C@H](O)[C@H]2O)cc1OCCOCCNC(=O)CCN1C(=O)C=CC1=O. The smallest absolute Gasteiger partial charge is 0.335 e. The zero-order valence-electron chi connectivity index (χ0n) is 25.0. The molecule has 0 aromatic heterocycles. The van der Waals surface area contributed by atoms with Crippen LogP contribution in [0.3, 0.4) is 0 Å². The highest BCUT2D eigenvalue weighted by atomic mass is 16.7. The molecule has 248 valence electrons. The molecule has 2 heterocycles. The monoisotopic (exact) mass is 638 g/mol. The molecule has 16 heteroatoms. The van der Waals surface area contributed by atoms with E-state index in [1.54, 1.807) is 20.8 Å². The lowest BCUT2D eigenvalue weighted by Gasteiger charge is -2.38. The Morgan fingerprint density at radius 1 is 0.978 bits per heavy atom. The lowest BCUT2D eigenvalue weighted by Crippen LogP contribution is -2.61. The van der Waals surface area contributed by atoms with E-state index in [4.69, 9.17) is 23.7 Å². The first-order chi connectivity index (χ1) is 21.2. The van der Waals surface area contributed by atoms with Crippen LogP contribution in [-0.4, -0.2) is 119 Å². The number of aliphatic carboxylic acids is 1. The van der Waals surface area contributed by atoms with Crippen LogP contribution in [0.1, 0.15) is 32.8 Å². The first kappa shape index (κ1) is 35.4. The molecule has 1 fully saturated rings. The van der Waals surface area contributed by atoms with Crippen molar-refractivity contribution in [3.8, 4) is 11.5 Å². The third-order valence-corrected chi connectivity index (χ3v) is 6.59. The van der Waals surface area contributed by atoms with Crippen LogP contribution in [0, 0.1) is 5.41 Å². The van der Waals surface area contributed by atoms with Crippen molar-refractivity contribution >= 4 is 29.7 Å². The van der Waals surface area contributed by atoms with Gasteiger partial charge in [0.15, 0.2) is 6.10 Å². The fourth-order valence-electron chi connectivity index (χ4n) is 4.03. The zero-order chi connectivity index (χ0) is 33.3. The summed E-state index contributed by atoms with van der Waals surface area (Å²) >= 11 is 0. The number of esters is 1. The van der Waals surface area contributed by atoms with Gasteiger partial charge in [0.2, 0.25) is 12.2 Å². The molecule has 0 aliphatic carbocycles. The van der Waals surface area contributed by atoms with E-state index in [0.29, 0.717) is 5.56 Å². The maximum absolute atomic E-state index is 12.3. The third-order valence-electron chi connectivity index (χ3n) is 6.59. The number of carboxylic acids is 1. The van der Waals surface area contributed by atoms with Crippen molar-refractivity contribution in [2.45, 2.75) is 64.5 Å². The standard InChI is InChI=1S/C29H38N2O14/c1-29(2,3)28(40)43-15-16-4-5-17(44-27-24(37)22(35)23(36)25(45-27)26(38)39)14-18(16)42-13-12-41-11-9-30-19(32)8-10-31-20(33)6-7-21(31)34/h4-7,14,22-25,27,35-37H,8-13,15H2,1-3H3,(H,30,32)(H,38,39)/t22-,23-,24+,25-,27+/m0/s1. The Hall–Kier alpha value is -4.09. The van der Waals surface area contributed by atoms with Gasteiger partial charge in [0.25, 0.3) is 11.8 Å². The highest BCUT2D eigenvalue weighted by Crippen LogP contribution is 2.30. The van der Waals surface area contributed by atoms with Crippen molar-refractivity contribution in [2.24, 2.45) is 5.41 Å². The van der Waals surface area contributed by atoms with Gasteiger partial charge in [-0.05, 0) is 32.9 Å². The van der Waals surface area contributed by atoms with E-state index in [9.17, 15) is 44.4 Å². The topological polar surface area (TPSA) is 228 Å². The summed E-state index contributed by atoms with van der Waals surface area (Å²) in [5, 5.41) is 42.1. The molecule has 0 bridgehead atoms. The maximum Gasteiger partial charge on any atom is 0.335 e. The summed E-state index contributed by atoms with van der Waals surface area (Å²) in [6, 6.07) is 4.34. The van der Waals surface area contributed by atoms with E-state index < -0.39 is 59.9 Å². The minimum absolute atomic E-state index is 0.0123. The third kappa shape index (κ3) is 9.95. The molecule has 2 aliphatic heterocycles. The molecule has 1 saturated heterocycles. The minimum atomic E-state index is -1.88. The van der Waals surface area contributed by atoms with Crippen molar-refractivity contribution in [2.75, 3.05) is 32.9 Å². The summed E-state index contributed by atoms with van der Waals surface area (Å²) in [4.78, 5) is 59.7. The Morgan fingerprint density at radius 2 is 1.67 bits per heavy atom. The van der Waals surface area contributed by atoms with Crippen LogP contribution in [0.5, 0.6) is 11.5 Å². The number of carbonyl (C=O) groups excluding carboxylic acids is 4. The number of nitrogens with zero attached hydrogens (tertiary/aromatic N) is 1. The fraction of sp³-hybridized carbons (Fsp3) is 0.552. The average Bonchev–Trinajstić information content (AvgIpc) is 3.30. The molecule has 5 atom stereocenters. The molecule has 0 unspecified atom stereocenters. The Morgan fingerprint density at radius 3 is 2.31 bits per heavy atom. The lowest BCUT2D eigenvalue weighted by molar-refractivity contribution is -0.271. The second kappa shape index (κ2) is 15.8. The zero-order valence-corrected chi connectivity index (χ0v) is 25.0. The Kier molecular flexibility index (Phi) is 12.4. The van der Waals surface area contributed by atoms with Gasteiger partial charge in [0, 0.05) is 43.3 Å². The number of carbonyl (C=O) groups is 5. The van der Waals surface area contributed by atoms with E-state index in [-0.39, 0.29) is 63.3 Å². The summed E-state index contributed by atoms with van der Waals surface area (Å²) in [6.07, 6.45) is -6.77. The lowest BCUT2D eigenvalue weighted by atomic mass is 9.97. The Labute approximate surface area is 258 Å². The summed E-state index contributed by atoms with van der Waals surface area (Å²) in [7, 11) is 0. The Balaban J connectivity index is 1.53. The van der Waals surface area contributed by atoms with E-state index in [1.165, 1.54) is 18.2 Å². The molecule has 0 radical (unpaired) electrons. The largest absolute Gasteiger partial charge is 0.491 e. The summed E-state index contributed by atoms with van der Waals surface area (Å²) in [5.74, 6) is -3.06. The average molecular weight is 639 g/mol. The van der Waals surface area contributed by atoms with E-state index in [0.717, 1.165) is 17.1 Å². The van der Waals surface area contributed by atoms with Crippen molar-refractivity contribution < 1.29 is 68.1 Å². The first-order valence-corrected chi connectivity index (χ1v) is 14.1. The van der Waals surface area contributed by atoms with Crippen molar-refractivity contribution in [3.05, 3.63) is 35.9 Å². The number of benzene rings is 1. The molecule has 0 spiro atoms. The number of nitrogens with one attached hydrogen (secondary N) is 1. The van der Waals surface area contributed by atoms with Crippen LogP contribution in [0.2, 0.25) is 0 Å². The Bertz CT molecular complexity index is 1260. The van der Waals surface area contributed by atoms with Crippen molar-refractivity contribution in [3.63, 3.8) is 0 Å². The molecular formula is C29H38N2O14. The van der Waals surface area contributed by atoms with Gasteiger partial charge in [0.1, 0.15) is 43.0 Å². The number of rotatable bonds is 15. The summed E-state index contributed by atoms with van der Waals surface area (Å²) < 4.78 is 27.4. The predicted molar refractivity (Wildman–Crippen MR) is 150 cm³/mol. The van der Waals surface area contributed by atoms with Crippen LogP contribution >= 0.6 is 0 Å². The van der Waals surface area contributed by atoms with Gasteiger partial charge in [-0.15, -0.1) is 0 Å². The first-order valence-electron chi connectivity index (χ1n) is 14.1. The van der Waals surface area contributed by atoms with Gasteiger partial charge < -0.3 is 49.4 Å². The molecule has 1 aromatic rings. The quantitative estimate of drug-likeness (QED) is 0.0871. The van der Waals surface area contributed by atoms with Crippen molar-refractivity contribution in [1.82, 2.24) is 10.2 Å². The van der Waals surface area contributed by atoms with Crippen LogP contribution in [0.15, 0.2) is 30.4 Å². The number of amides is 3. The molecule has 0 saturated carbocycles. The highest BCUT2D eigenvalue weighted by molar-refractivity contribution is 6.13. The van der Waals surface area contributed by atoms with E-state index >= 15 is 0 Å². The molecule has 1 aromatic carbocycles. The van der Waals surface area contributed by atoms with Crippen LogP contribution < -0.4 is 14.8 Å². The van der Waals surface area contributed by atoms with Crippen LogP contribution in [-0.2, 0) is 44.8 Å². The van der Waals surface area contributed by atoms with Gasteiger partial charge in [-0.25, -0.2) is 4.79 Å². The van der Waals surface area contributed by atoms with Gasteiger partial charge in [-0.2, -0.15) is 0 Å². The van der Waals surface area contributed by atoms with Gasteiger partial charge in [-0.3, -0.25) is 24.1 Å². The van der Waals surface area contributed by atoms with Crippen LogP contribution in [0.25, 0.3) is 0 Å². The summed E-state index contributed by atoms with van der Waals surface area (Å²) in [6.45, 7) is 5.29. The van der Waals surface area contributed by atoms with Gasteiger partial charge in [-0.1, -0.05) is 0 Å². The highest BCUT2D eigenvalue weighted by Gasteiger charge is 2.48. The second-order valence-corrected chi connectivity index (χ2v) is 11.2. The van der Waals surface area contributed by atoms with Crippen molar-refractivity contribution in [1.29, 1.82) is 0 Å². The molecule has 2 aliphatic rings. The molecule has 5 N–H and O–H groups in total. The predicted octanol–water partition coefficient (Wildman–Crippen LogP) is -1.13. The summed E-state index contributed by atoms with van der Waals surface area (Å²) in [5.41, 5.74) is -0.310. The number of ether oxygens (including phenoxy) is 5. The number of aliphatic hydroxyl groups excluding tert-OH is 3.